The number of hydrogen-bond donors (Lipinski definition) is 0. The van der Waals surface area contributed by atoms with Crippen LogP contribution >= 0.6 is 0 Å². The first-order valence-corrected chi connectivity index (χ1v) is 2.89. The minimum absolute atomic E-state index is 0. The van der Waals surface area contributed by atoms with E-state index in [4.69, 9.17) is 0 Å². The summed E-state index contributed by atoms with van der Waals surface area (Å²) in [6, 6.07) is 1.97. The number of hydrogen-bond acceptors (Lipinski definition) is 1. The quantitative estimate of drug-likeness (QED) is 0.295. The maximum Gasteiger partial charge on any atom is 1.00 e. The first-order valence-electron chi connectivity index (χ1n) is 2.89. The van der Waals surface area contributed by atoms with E-state index < -0.39 is 0 Å². The number of aromatic nitrogens is 2. The fourth-order valence-corrected chi connectivity index (χ4v) is 1.12. The summed E-state index contributed by atoms with van der Waals surface area (Å²) in [6.45, 7) is 1.10. The Hall–Kier alpha value is 0.846. The number of fused-ring (bicyclic) bond motifs is 1. The van der Waals surface area contributed by atoms with Crippen LogP contribution in [0.25, 0.3) is 0 Å². The molecule has 1 aliphatic heterocycles. The van der Waals surface area contributed by atoms with Crippen LogP contribution in [-0.4, -0.2) is 9.78 Å². The van der Waals surface area contributed by atoms with Gasteiger partial charge in [-0.1, -0.05) is 6.42 Å². The third kappa shape index (κ3) is 1.46. The van der Waals surface area contributed by atoms with Crippen molar-refractivity contribution >= 4 is 0 Å². The van der Waals surface area contributed by atoms with Crippen molar-refractivity contribution in [3.8, 4) is 0 Å². The molecule has 0 fully saturated rings. The molecule has 0 aliphatic carbocycles. The Morgan fingerprint density at radius 2 is 2.56 bits per heavy atom. The molecule has 42 valence electrons. The third-order valence-electron chi connectivity index (χ3n) is 1.54. The molecule has 0 aromatic carbocycles. The van der Waals surface area contributed by atoms with Crippen molar-refractivity contribution in [3.63, 3.8) is 0 Å². The molecule has 9 heavy (non-hydrogen) atoms. The number of rotatable bonds is 0. The molecule has 2 rings (SSSR count). The summed E-state index contributed by atoms with van der Waals surface area (Å²) in [4.78, 5) is 0. The average molecular weight is 146 g/mol. The van der Waals surface area contributed by atoms with Gasteiger partial charge >= 0.3 is 51.4 Å². The number of nitrogens with zero attached hydrogens (tertiary/aromatic N) is 2. The summed E-state index contributed by atoms with van der Waals surface area (Å²) in [5.41, 5.74) is 1.34. The molecule has 0 atom stereocenters. The summed E-state index contributed by atoms with van der Waals surface area (Å²) >= 11 is 0. The van der Waals surface area contributed by atoms with E-state index in [-0.39, 0.29) is 51.4 Å². The minimum Gasteiger partial charge on any atom is -0.366 e. The Kier molecular flexibility index (Phi) is 2.91. The molecule has 0 N–H and O–H groups in total. The topological polar surface area (TPSA) is 17.8 Å². The van der Waals surface area contributed by atoms with Crippen LogP contribution in [-0.2, 0) is 13.0 Å². The maximum atomic E-state index is 3.99. The van der Waals surface area contributed by atoms with Gasteiger partial charge in [-0.2, -0.15) is 6.07 Å². The van der Waals surface area contributed by atoms with E-state index in [1.54, 1.807) is 0 Å². The molecule has 1 aromatic heterocycles. The van der Waals surface area contributed by atoms with E-state index in [0.29, 0.717) is 0 Å². The van der Waals surface area contributed by atoms with E-state index in [2.05, 4.69) is 11.3 Å². The molecule has 0 saturated heterocycles. The fraction of sp³-hybridized carbons (Fsp3) is 0.500. The molecular weight excluding hydrogens is 139 g/mol. The van der Waals surface area contributed by atoms with E-state index in [9.17, 15) is 0 Å². The zero-order valence-electron chi connectivity index (χ0n) is 5.59. The van der Waals surface area contributed by atoms with Crippen LogP contribution in [0.15, 0.2) is 6.07 Å². The Balaban J connectivity index is 0.000000405. The van der Waals surface area contributed by atoms with Gasteiger partial charge < -0.3 is 9.78 Å². The second-order valence-electron chi connectivity index (χ2n) is 2.09. The second-order valence-corrected chi connectivity index (χ2v) is 2.09. The Bertz CT molecular complexity index is 176. The standard InChI is InChI=1S/C6H7N2.K/c1-2-6-3-4-7-8(6)5-1;/h3H,1-2,5H2;/q-1;+1. The van der Waals surface area contributed by atoms with E-state index >= 15 is 0 Å². The smallest absolute Gasteiger partial charge is 0.366 e. The fourth-order valence-electron chi connectivity index (χ4n) is 1.12. The summed E-state index contributed by atoms with van der Waals surface area (Å²) < 4.78 is 2.01. The predicted octanol–water partition coefficient (Wildman–Crippen LogP) is -2.37. The molecular formula is C6H7KN2. The monoisotopic (exact) mass is 146 g/mol. The van der Waals surface area contributed by atoms with Crippen LogP contribution in [0.4, 0.5) is 0 Å². The van der Waals surface area contributed by atoms with E-state index in [0.717, 1.165) is 6.54 Å². The molecule has 0 amide bonds. The number of aryl methyl sites for hydroxylation is 2. The largest absolute Gasteiger partial charge is 1.00 e. The zero-order chi connectivity index (χ0) is 5.40. The maximum absolute atomic E-state index is 3.99. The molecule has 0 unspecified atom stereocenters. The van der Waals surface area contributed by atoms with Gasteiger partial charge in [0.05, 0.1) is 0 Å². The Morgan fingerprint density at radius 3 is 3.33 bits per heavy atom. The van der Waals surface area contributed by atoms with Gasteiger partial charge in [0.15, 0.2) is 0 Å². The Morgan fingerprint density at radius 1 is 1.67 bits per heavy atom. The normalized spacial score (nSPS) is 14.7. The first kappa shape index (κ1) is 7.95. The van der Waals surface area contributed by atoms with E-state index in [1.165, 1.54) is 18.5 Å². The molecule has 3 heteroatoms. The summed E-state index contributed by atoms with van der Waals surface area (Å²) in [7, 11) is 0. The SMILES string of the molecule is [K+].[c-]1cc2n(n1)CCC2. The summed E-state index contributed by atoms with van der Waals surface area (Å²) in [5, 5.41) is 3.99. The average Bonchev–Trinajstić information content (AvgIpc) is 2.15. The molecule has 0 spiro atoms. The van der Waals surface area contributed by atoms with Crippen LogP contribution in [0.2, 0.25) is 0 Å². The van der Waals surface area contributed by atoms with Crippen molar-refractivity contribution in [1.29, 1.82) is 0 Å². The van der Waals surface area contributed by atoms with Crippen LogP contribution < -0.4 is 51.4 Å². The minimum atomic E-state index is 0. The van der Waals surface area contributed by atoms with Crippen LogP contribution in [0.1, 0.15) is 12.1 Å². The molecule has 1 aliphatic rings. The zero-order valence-corrected chi connectivity index (χ0v) is 8.72. The van der Waals surface area contributed by atoms with Crippen molar-refractivity contribution in [1.82, 2.24) is 9.78 Å². The molecule has 0 radical (unpaired) electrons. The molecule has 2 heterocycles. The summed E-state index contributed by atoms with van der Waals surface area (Å²) in [5.74, 6) is 0. The van der Waals surface area contributed by atoms with Gasteiger partial charge in [-0.15, -0.1) is 11.9 Å². The van der Waals surface area contributed by atoms with Crippen molar-refractivity contribution in [2.24, 2.45) is 0 Å². The van der Waals surface area contributed by atoms with Crippen LogP contribution in [0.5, 0.6) is 0 Å². The van der Waals surface area contributed by atoms with Crippen LogP contribution in [0, 0.1) is 6.20 Å². The van der Waals surface area contributed by atoms with Gasteiger partial charge in [0.25, 0.3) is 0 Å². The molecule has 0 bridgehead atoms. The Labute approximate surface area is 97.1 Å². The molecule has 2 nitrogen and oxygen atoms in total. The van der Waals surface area contributed by atoms with Gasteiger partial charge in [-0.25, -0.2) is 0 Å². The first-order chi connectivity index (χ1) is 3.97. The van der Waals surface area contributed by atoms with E-state index in [1.807, 2.05) is 10.7 Å². The summed E-state index contributed by atoms with van der Waals surface area (Å²) in [6.07, 6.45) is 5.27. The van der Waals surface area contributed by atoms with Crippen molar-refractivity contribution < 1.29 is 51.4 Å². The van der Waals surface area contributed by atoms with Gasteiger partial charge in [0, 0.05) is 6.54 Å². The predicted molar refractivity (Wildman–Crippen MR) is 29.4 cm³/mol. The molecule has 0 saturated carbocycles. The van der Waals surface area contributed by atoms with Gasteiger partial charge in [0.2, 0.25) is 0 Å². The van der Waals surface area contributed by atoms with Crippen molar-refractivity contribution in [2.75, 3.05) is 0 Å². The second kappa shape index (κ2) is 3.30. The van der Waals surface area contributed by atoms with Gasteiger partial charge in [-0.05, 0) is 6.42 Å². The van der Waals surface area contributed by atoms with Crippen molar-refractivity contribution in [2.45, 2.75) is 19.4 Å². The van der Waals surface area contributed by atoms with Gasteiger partial charge in [-0.3, -0.25) is 0 Å². The van der Waals surface area contributed by atoms with Gasteiger partial charge in [0.1, 0.15) is 0 Å². The third-order valence-corrected chi connectivity index (χ3v) is 1.54. The molecule has 1 aromatic rings. The van der Waals surface area contributed by atoms with Crippen molar-refractivity contribution in [3.05, 3.63) is 18.0 Å². The van der Waals surface area contributed by atoms with Crippen LogP contribution in [0.3, 0.4) is 0 Å².